The molecule has 2 atom stereocenters. The summed E-state index contributed by atoms with van der Waals surface area (Å²) in [5.41, 5.74) is 2.25. The van der Waals surface area contributed by atoms with Gasteiger partial charge >= 0.3 is 0 Å². The lowest BCUT2D eigenvalue weighted by molar-refractivity contribution is 0.0754. The first-order valence-electron chi connectivity index (χ1n) is 9.59. The molecule has 2 N–H and O–H groups in total. The number of nitrogens with zero attached hydrogens (tertiary/aromatic N) is 3. The van der Waals surface area contributed by atoms with Gasteiger partial charge in [-0.2, -0.15) is 0 Å². The summed E-state index contributed by atoms with van der Waals surface area (Å²) in [5, 5.41) is 3.17. The Kier molecular flexibility index (Phi) is 3.84. The first-order chi connectivity index (χ1) is 13.9. The van der Waals surface area contributed by atoms with Crippen LogP contribution in [0.4, 0.5) is 0 Å². The molecule has 3 heterocycles. The quantitative estimate of drug-likeness (QED) is 0.710. The Morgan fingerprint density at radius 2 is 2.21 bits per heavy atom. The number of benzene rings is 1. The van der Waals surface area contributed by atoms with Gasteiger partial charge in [0.25, 0.3) is 11.8 Å². The molecule has 29 heavy (non-hydrogen) atoms. The number of nitrogens with one attached hydrogen (secondary N) is 2. The molecule has 148 valence electrons. The lowest BCUT2D eigenvalue weighted by Gasteiger charge is -2.21. The Labute approximate surface area is 167 Å². The van der Waals surface area contributed by atoms with Gasteiger partial charge in [-0.25, -0.2) is 9.97 Å². The topological polar surface area (TPSA) is 104 Å². The second-order valence-corrected chi connectivity index (χ2v) is 7.94. The number of likely N-dealkylation sites (tertiary alicyclic amines) is 1. The highest BCUT2D eigenvalue weighted by Gasteiger charge is 2.62. The molecule has 1 aliphatic carbocycles. The summed E-state index contributed by atoms with van der Waals surface area (Å²) < 4.78 is 5.31. The largest absolute Gasteiger partial charge is 0.444 e. The van der Waals surface area contributed by atoms with Crippen molar-refractivity contribution in [1.82, 2.24) is 25.2 Å². The second kappa shape index (κ2) is 6.30. The van der Waals surface area contributed by atoms with Crippen LogP contribution in [0.15, 0.2) is 41.3 Å². The Morgan fingerprint density at radius 1 is 1.34 bits per heavy atom. The molecule has 8 heteroatoms. The average molecular weight is 391 g/mol. The summed E-state index contributed by atoms with van der Waals surface area (Å²) in [6, 6.07) is 7.26. The summed E-state index contributed by atoms with van der Waals surface area (Å²) in [4.78, 5) is 38.8. The van der Waals surface area contributed by atoms with Crippen LogP contribution in [0.25, 0.3) is 11.3 Å². The number of carbonyl (C=O) groups is 2. The maximum Gasteiger partial charge on any atom is 0.274 e. The van der Waals surface area contributed by atoms with Crippen LogP contribution in [0.2, 0.25) is 0 Å². The van der Waals surface area contributed by atoms with Gasteiger partial charge in [-0.3, -0.25) is 9.59 Å². The van der Waals surface area contributed by atoms with E-state index in [4.69, 9.17) is 4.42 Å². The molecular weight excluding hydrogens is 370 g/mol. The van der Waals surface area contributed by atoms with Gasteiger partial charge in [-0.1, -0.05) is 12.1 Å². The SMILES string of the molecule is Cc1nc(C(=O)N2C[C@H]3C[C@@]3(NC(=O)c3cccc(-c4cnco4)c3)C2)c(C)[nH]1. The number of hydrogen-bond acceptors (Lipinski definition) is 5. The van der Waals surface area contributed by atoms with E-state index in [0.717, 1.165) is 23.5 Å². The van der Waals surface area contributed by atoms with Crippen molar-refractivity contribution >= 4 is 11.8 Å². The van der Waals surface area contributed by atoms with E-state index in [1.165, 1.54) is 6.39 Å². The minimum Gasteiger partial charge on any atom is -0.444 e. The van der Waals surface area contributed by atoms with E-state index in [2.05, 4.69) is 20.3 Å². The van der Waals surface area contributed by atoms with Crippen LogP contribution in [0.1, 0.15) is 38.8 Å². The van der Waals surface area contributed by atoms with Gasteiger partial charge in [-0.15, -0.1) is 0 Å². The van der Waals surface area contributed by atoms with Crippen molar-refractivity contribution in [3.63, 3.8) is 0 Å². The predicted molar refractivity (Wildman–Crippen MR) is 104 cm³/mol. The number of aromatic amines is 1. The van der Waals surface area contributed by atoms with Crippen LogP contribution >= 0.6 is 0 Å². The number of hydrogen-bond donors (Lipinski definition) is 2. The first-order valence-corrected chi connectivity index (χ1v) is 9.59. The highest BCUT2D eigenvalue weighted by molar-refractivity contribution is 5.97. The van der Waals surface area contributed by atoms with Crippen LogP contribution in [0, 0.1) is 19.8 Å². The van der Waals surface area contributed by atoms with Gasteiger partial charge in [0, 0.05) is 35.8 Å². The number of aryl methyl sites for hydroxylation is 2. The van der Waals surface area contributed by atoms with E-state index >= 15 is 0 Å². The van der Waals surface area contributed by atoms with Gasteiger partial charge in [0.15, 0.2) is 12.2 Å². The summed E-state index contributed by atoms with van der Waals surface area (Å²) in [5.74, 6) is 1.40. The minimum atomic E-state index is -0.339. The zero-order valence-electron chi connectivity index (χ0n) is 16.2. The number of H-pyrrole nitrogens is 1. The van der Waals surface area contributed by atoms with Gasteiger partial charge in [-0.05, 0) is 32.4 Å². The summed E-state index contributed by atoms with van der Waals surface area (Å²) in [6.07, 6.45) is 3.87. The molecule has 2 aromatic heterocycles. The number of rotatable bonds is 4. The Morgan fingerprint density at radius 3 is 2.93 bits per heavy atom. The van der Waals surface area contributed by atoms with Gasteiger partial charge in [0.2, 0.25) is 0 Å². The van der Waals surface area contributed by atoms with Crippen molar-refractivity contribution in [2.24, 2.45) is 5.92 Å². The number of aromatic nitrogens is 3. The van der Waals surface area contributed by atoms with Crippen LogP contribution in [0.3, 0.4) is 0 Å². The fraction of sp³-hybridized carbons (Fsp3) is 0.333. The number of amides is 2. The number of oxazole rings is 1. The van der Waals surface area contributed by atoms with Crippen molar-refractivity contribution in [3.05, 3.63) is 59.6 Å². The van der Waals surface area contributed by atoms with Crippen molar-refractivity contribution in [1.29, 1.82) is 0 Å². The second-order valence-electron chi connectivity index (χ2n) is 7.94. The highest BCUT2D eigenvalue weighted by Crippen LogP contribution is 2.50. The van der Waals surface area contributed by atoms with Crippen LogP contribution in [-0.4, -0.2) is 50.3 Å². The smallest absolute Gasteiger partial charge is 0.274 e. The average Bonchev–Trinajstić information content (AvgIpc) is 3.14. The molecule has 0 unspecified atom stereocenters. The molecule has 0 bridgehead atoms. The number of piperidine rings is 1. The van der Waals surface area contributed by atoms with E-state index in [9.17, 15) is 9.59 Å². The molecule has 1 aliphatic heterocycles. The van der Waals surface area contributed by atoms with Crippen molar-refractivity contribution < 1.29 is 14.0 Å². The van der Waals surface area contributed by atoms with E-state index in [0.29, 0.717) is 30.1 Å². The fourth-order valence-electron chi connectivity index (χ4n) is 4.27. The maximum absolute atomic E-state index is 12.9. The third-order valence-corrected chi connectivity index (χ3v) is 5.84. The van der Waals surface area contributed by atoms with Crippen LogP contribution < -0.4 is 5.32 Å². The van der Waals surface area contributed by atoms with Crippen molar-refractivity contribution in [2.45, 2.75) is 25.8 Å². The zero-order valence-corrected chi connectivity index (χ0v) is 16.2. The molecule has 2 amide bonds. The molecule has 1 saturated carbocycles. The number of imidazole rings is 1. The minimum absolute atomic E-state index is 0.0833. The Balaban J connectivity index is 1.30. The normalized spacial score (nSPS) is 22.4. The lowest BCUT2D eigenvalue weighted by atomic mass is 10.1. The first kappa shape index (κ1) is 17.7. The van der Waals surface area contributed by atoms with Crippen LogP contribution in [-0.2, 0) is 0 Å². The lowest BCUT2D eigenvalue weighted by Crippen LogP contribution is -2.43. The van der Waals surface area contributed by atoms with E-state index < -0.39 is 0 Å². The van der Waals surface area contributed by atoms with Gasteiger partial charge in [0.05, 0.1) is 11.7 Å². The molecule has 0 spiro atoms. The summed E-state index contributed by atoms with van der Waals surface area (Å²) in [6.45, 7) is 4.83. The van der Waals surface area contributed by atoms with Crippen LogP contribution in [0.5, 0.6) is 0 Å². The molecule has 1 aromatic carbocycles. The Hall–Kier alpha value is -3.42. The molecule has 0 radical (unpaired) electrons. The summed E-state index contributed by atoms with van der Waals surface area (Å²) in [7, 11) is 0. The molecule has 2 aliphatic rings. The number of carbonyl (C=O) groups excluding carboxylic acids is 2. The monoisotopic (exact) mass is 391 g/mol. The third kappa shape index (κ3) is 3.00. The van der Waals surface area contributed by atoms with Gasteiger partial charge < -0.3 is 19.6 Å². The molecule has 3 aromatic rings. The van der Waals surface area contributed by atoms with E-state index in [1.54, 1.807) is 23.2 Å². The highest BCUT2D eigenvalue weighted by atomic mass is 16.3. The van der Waals surface area contributed by atoms with E-state index in [1.807, 2.05) is 26.0 Å². The van der Waals surface area contributed by atoms with Crippen molar-refractivity contribution in [3.8, 4) is 11.3 Å². The fourth-order valence-corrected chi connectivity index (χ4v) is 4.27. The Bertz CT molecular complexity index is 1100. The van der Waals surface area contributed by atoms with Crippen molar-refractivity contribution in [2.75, 3.05) is 13.1 Å². The van der Waals surface area contributed by atoms with Gasteiger partial charge in [0.1, 0.15) is 11.5 Å². The van der Waals surface area contributed by atoms with E-state index in [-0.39, 0.29) is 23.3 Å². The number of fused-ring (bicyclic) bond motifs is 1. The molecular formula is C21H21N5O3. The molecule has 8 nitrogen and oxygen atoms in total. The maximum atomic E-state index is 12.9. The third-order valence-electron chi connectivity index (χ3n) is 5.84. The predicted octanol–water partition coefficient (Wildman–Crippen LogP) is 2.33. The molecule has 5 rings (SSSR count). The zero-order chi connectivity index (χ0) is 20.2. The summed E-state index contributed by atoms with van der Waals surface area (Å²) >= 11 is 0. The standard InChI is InChI=1S/C21H21N5O3/c1-12-18(24-13(2)23-12)20(28)26-9-16-7-21(16,10-26)25-19(27)15-5-3-4-14(6-15)17-8-22-11-29-17/h3-6,8,11,16H,7,9-10H2,1-2H3,(H,23,24)(H,25,27)/t16-,21-/m1/s1. The molecule has 2 fully saturated rings. The molecule has 1 saturated heterocycles.